The molecule has 0 bridgehead atoms. The second-order valence-electron chi connectivity index (χ2n) is 9.77. The monoisotopic (exact) mass is 530 g/mol. The maximum Gasteiger partial charge on any atom is 0.142 e. The molecular formula is C29H42N2O7. The van der Waals surface area contributed by atoms with Crippen LogP contribution in [0, 0.1) is 0 Å². The second-order valence-corrected chi connectivity index (χ2v) is 9.77. The average molecular weight is 531 g/mol. The molecule has 2 aromatic rings. The third-order valence-electron chi connectivity index (χ3n) is 7.08. The van der Waals surface area contributed by atoms with E-state index >= 15 is 0 Å². The van der Waals surface area contributed by atoms with E-state index < -0.39 is 6.10 Å². The van der Waals surface area contributed by atoms with Crippen molar-refractivity contribution in [3.63, 3.8) is 0 Å². The summed E-state index contributed by atoms with van der Waals surface area (Å²) in [7, 11) is 4.97. The van der Waals surface area contributed by atoms with Crippen LogP contribution >= 0.6 is 0 Å². The van der Waals surface area contributed by atoms with Crippen LogP contribution in [0.15, 0.2) is 42.5 Å². The number of methoxy groups -OCH3 is 3. The number of anilines is 1. The number of aliphatic hydroxyl groups is 1. The number of benzene rings is 2. The summed E-state index contributed by atoms with van der Waals surface area (Å²) < 4.78 is 34.3. The lowest BCUT2D eigenvalue weighted by molar-refractivity contribution is -0.0856. The van der Waals surface area contributed by atoms with Gasteiger partial charge in [0.15, 0.2) is 0 Å². The summed E-state index contributed by atoms with van der Waals surface area (Å²) in [6.45, 7) is 5.49. The zero-order chi connectivity index (χ0) is 26.7. The number of fused-ring (bicyclic) bond motifs is 1. The van der Waals surface area contributed by atoms with Crippen LogP contribution in [0.4, 0.5) is 5.69 Å². The van der Waals surface area contributed by atoms with Gasteiger partial charge in [0.05, 0.1) is 51.4 Å². The highest BCUT2D eigenvalue weighted by atomic mass is 16.5. The van der Waals surface area contributed by atoms with Crippen LogP contribution in [0.25, 0.3) is 0 Å². The largest absolute Gasteiger partial charge is 0.497 e. The summed E-state index contributed by atoms with van der Waals surface area (Å²) in [4.78, 5) is 2.36. The Morgan fingerprint density at radius 1 is 1.00 bits per heavy atom. The van der Waals surface area contributed by atoms with Crippen LogP contribution in [-0.4, -0.2) is 97.4 Å². The van der Waals surface area contributed by atoms with Crippen molar-refractivity contribution in [2.75, 3.05) is 78.8 Å². The van der Waals surface area contributed by atoms with Gasteiger partial charge in [-0.3, -0.25) is 0 Å². The Labute approximate surface area is 225 Å². The fourth-order valence-corrected chi connectivity index (χ4v) is 5.16. The van der Waals surface area contributed by atoms with E-state index in [4.69, 9.17) is 28.4 Å². The minimum absolute atomic E-state index is 0.0107. The van der Waals surface area contributed by atoms with Gasteiger partial charge in [-0.1, -0.05) is 18.2 Å². The highest BCUT2D eigenvalue weighted by Gasteiger charge is 2.36. The maximum atomic E-state index is 10.2. The van der Waals surface area contributed by atoms with Crippen LogP contribution in [0.5, 0.6) is 11.5 Å². The highest BCUT2D eigenvalue weighted by molar-refractivity contribution is 5.61. The van der Waals surface area contributed by atoms with Crippen molar-refractivity contribution in [2.45, 2.75) is 37.3 Å². The van der Waals surface area contributed by atoms with Gasteiger partial charge < -0.3 is 43.7 Å². The number of hydrogen-bond acceptors (Lipinski definition) is 9. The SMILES string of the molecule is COCCCN1CCOc2ccc(CO[C@H]3CNCC(OC[C@H](O)COC)[C@@H]3c3ccc(OC)cc3)cc21. The molecule has 1 unspecified atom stereocenters. The molecule has 0 radical (unpaired) electrons. The first-order valence-corrected chi connectivity index (χ1v) is 13.4. The molecule has 210 valence electrons. The van der Waals surface area contributed by atoms with Crippen LogP contribution in [0.3, 0.4) is 0 Å². The summed E-state index contributed by atoms with van der Waals surface area (Å²) in [6, 6.07) is 14.4. The molecule has 1 fully saturated rings. The molecule has 2 aromatic carbocycles. The lowest BCUT2D eigenvalue weighted by atomic mass is 9.85. The smallest absolute Gasteiger partial charge is 0.142 e. The van der Waals surface area contributed by atoms with Crippen molar-refractivity contribution in [2.24, 2.45) is 0 Å². The van der Waals surface area contributed by atoms with Crippen molar-refractivity contribution in [1.29, 1.82) is 0 Å². The topological polar surface area (TPSA) is 90.9 Å². The molecule has 4 atom stereocenters. The van der Waals surface area contributed by atoms with E-state index in [-0.39, 0.29) is 31.3 Å². The summed E-state index contributed by atoms with van der Waals surface area (Å²) >= 11 is 0. The number of rotatable bonds is 14. The normalized spacial score (nSPS) is 22.0. The van der Waals surface area contributed by atoms with Gasteiger partial charge in [0.2, 0.25) is 0 Å². The predicted molar refractivity (Wildman–Crippen MR) is 145 cm³/mol. The van der Waals surface area contributed by atoms with Crippen molar-refractivity contribution in [3.8, 4) is 11.5 Å². The first kappa shape index (κ1) is 28.6. The van der Waals surface area contributed by atoms with Crippen molar-refractivity contribution < 1.29 is 33.5 Å². The molecule has 1 saturated heterocycles. The number of piperidine rings is 1. The van der Waals surface area contributed by atoms with Crippen LogP contribution in [0.1, 0.15) is 23.5 Å². The molecule has 0 amide bonds. The Balaban J connectivity index is 1.47. The summed E-state index contributed by atoms with van der Waals surface area (Å²) in [5, 5.41) is 13.6. The van der Waals surface area contributed by atoms with Gasteiger partial charge >= 0.3 is 0 Å². The first-order chi connectivity index (χ1) is 18.6. The number of aliphatic hydroxyl groups excluding tert-OH is 1. The van der Waals surface area contributed by atoms with E-state index in [1.165, 1.54) is 0 Å². The van der Waals surface area contributed by atoms with E-state index in [0.717, 1.165) is 54.4 Å². The Hall–Kier alpha value is -2.40. The minimum Gasteiger partial charge on any atom is -0.497 e. The van der Waals surface area contributed by atoms with Gasteiger partial charge in [-0.05, 0) is 41.8 Å². The van der Waals surface area contributed by atoms with Crippen molar-refractivity contribution in [3.05, 3.63) is 53.6 Å². The van der Waals surface area contributed by atoms with E-state index in [0.29, 0.717) is 26.3 Å². The molecule has 4 rings (SSSR count). The molecule has 9 heteroatoms. The lowest BCUT2D eigenvalue weighted by Gasteiger charge is -2.39. The third-order valence-corrected chi connectivity index (χ3v) is 7.08. The molecule has 0 saturated carbocycles. The Bertz CT molecular complexity index is 974. The molecule has 2 heterocycles. The minimum atomic E-state index is -0.678. The zero-order valence-electron chi connectivity index (χ0n) is 22.8. The second kappa shape index (κ2) is 14.7. The average Bonchev–Trinajstić information content (AvgIpc) is 2.95. The van der Waals surface area contributed by atoms with E-state index in [1.54, 1.807) is 21.3 Å². The van der Waals surface area contributed by atoms with Gasteiger partial charge in [-0.2, -0.15) is 0 Å². The van der Waals surface area contributed by atoms with Gasteiger partial charge in [0, 0.05) is 46.4 Å². The van der Waals surface area contributed by atoms with Crippen LogP contribution < -0.4 is 19.7 Å². The summed E-state index contributed by atoms with van der Waals surface area (Å²) in [6.07, 6.45) is 0.00467. The molecule has 38 heavy (non-hydrogen) atoms. The number of ether oxygens (including phenoxy) is 6. The van der Waals surface area contributed by atoms with E-state index in [1.807, 2.05) is 18.2 Å². The van der Waals surface area contributed by atoms with E-state index in [2.05, 4.69) is 34.5 Å². The van der Waals surface area contributed by atoms with Gasteiger partial charge in [0.25, 0.3) is 0 Å². The number of nitrogens with zero attached hydrogens (tertiary/aromatic N) is 1. The Morgan fingerprint density at radius 3 is 2.53 bits per heavy atom. The molecule has 9 nitrogen and oxygen atoms in total. The van der Waals surface area contributed by atoms with Gasteiger partial charge in [-0.15, -0.1) is 0 Å². The van der Waals surface area contributed by atoms with Crippen LogP contribution in [-0.2, 0) is 25.6 Å². The number of nitrogens with one attached hydrogen (secondary N) is 1. The first-order valence-electron chi connectivity index (χ1n) is 13.4. The summed E-state index contributed by atoms with van der Waals surface area (Å²) in [5.41, 5.74) is 3.32. The Morgan fingerprint density at radius 2 is 1.79 bits per heavy atom. The molecule has 0 aromatic heterocycles. The van der Waals surface area contributed by atoms with Gasteiger partial charge in [0.1, 0.15) is 24.2 Å². The van der Waals surface area contributed by atoms with Gasteiger partial charge in [-0.25, -0.2) is 0 Å². The van der Waals surface area contributed by atoms with E-state index in [9.17, 15) is 5.11 Å². The van der Waals surface area contributed by atoms with Crippen molar-refractivity contribution in [1.82, 2.24) is 5.32 Å². The molecule has 2 aliphatic rings. The fourth-order valence-electron chi connectivity index (χ4n) is 5.16. The van der Waals surface area contributed by atoms with Crippen molar-refractivity contribution >= 4 is 5.69 Å². The standard InChI is InChI=1S/C29H42N2O7/c1-33-13-4-11-31-12-14-36-26-10-5-21(15-25(26)31)18-37-27-16-30-17-28(38-20-23(32)19-34-2)29(27)22-6-8-24(35-3)9-7-22/h5-10,15,23,27-30,32H,4,11-14,16-20H2,1-3H3/t23-,27+,28?,29-/m1/s1. The lowest BCUT2D eigenvalue weighted by Crippen LogP contribution is -2.51. The fraction of sp³-hybridized carbons (Fsp3) is 0.586. The molecule has 2 N–H and O–H groups in total. The third kappa shape index (κ3) is 7.59. The number of hydrogen-bond donors (Lipinski definition) is 2. The molecule has 0 spiro atoms. The Kier molecular flexibility index (Phi) is 11.0. The van der Waals surface area contributed by atoms with Crippen LogP contribution in [0.2, 0.25) is 0 Å². The predicted octanol–water partition coefficient (Wildman–Crippen LogP) is 2.60. The quantitative estimate of drug-likeness (QED) is 0.358. The molecular weight excluding hydrogens is 488 g/mol. The highest BCUT2D eigenvalue weighted by Crippen LogP contribution is 2.35. The zero-order valence-corrected chi connectivity index (χ0v) is 22.8. The summed E-state index contributed by atoms with van der Waals surface area (Å²) in [5.74, 6) is 1.71. The maximum absolute atomic E-state index is 10.2. The molecule has 0 aliphatic carbocycles. The molecule has 2 aliphatic heterocycles.